The van der Waals surface area contributed by atoms with Gasteiger partial charge in [-0.25, -0.2) is 8.42 Å². The van der Waals surface area contributed by atoms with E-state index in [1.165, 1.54) is 24.3 Å². The molecule has 0 aliphatic rings. The Morgan fingerprint density at radius 2 is 1.75 bits per heavy atom. The van der Waals surface area contributed by atoms with Gasteiger partial charge in [-0.1, -0.05) is 0 Å². The van der Waals surface area contributed by atoms with Crippen molar-refractivity contribution < 1.29 is 51.6 Å². The first kappa shape index (κ1) is 15.5. The van der Waals surface area contributed by atoms with Crippen molar-refractivity contribution in [2.45, 2.75) is 6.61 Å². The maximum absolute atomic E-state index is 10.3. The molecule has 1 aromatic rings. The van der Waals surface area contributed by atoms with Gasteiger partial charge in [0.2, 0.25) is 10.4 Å². The maximum atomic E-state index is 10.3. The summed E-state index contributed by atoms with van der Waals surface area (Å²) in [6, 6.07) is 5.00. The van der Waals surface area contributed by atoms with Crippen molar-refractivity contribution >= 4 is 16.1 Å². The Balaban J connectivity index is 0.00000225. The number of rotatable bonds is 4. The number of nitro benzene ring substituents is 1. The first-order valence-electron chi connectivity index (χ1n) is 3.72. The Morgan fingerprint density at radius 3 is 2.12 bits per heavy atom. The summed E-state index contributed by atoms with van der Waals surface area (Å²) in [5.41, 5.74) is 0.240. The minimum absolute atomic E-state index is 0. The SMILES string of the molecule is O=[N+]([O-])c1ccc(COS(=O)(=O)[O-])cc1.[Na+]. The maximum Gasteiger partial charge on any atom is 1.00 e. The van der Waals surface area contributed by atoms with E-state index >= 15 is 0 Å². The van der Waals surface area contributed by atoms with Crippen LogP contribution in [0.5, 0.6) is 0 Å². The van der Waals surface area contributed by atoms with Crippen LogP contribution in [0.15, 0.2) is 24.3 Å². The van der Waals surface area contributed by atoms with E-state index in [0.717, 1.165) is 0 Å². The average molecular weight is 255 g/mol. The van der Waals surface area contributed by atoms with Crippen LogP contribution in [0.1, 0.15) is 5.56 Å². The number of hydrogen-bond donors (Lipinski definition) is 0. The molecule has 0 aliphatic carbocycles. The van der Waals surface area contributed by atoms with E-state index in [2.05, 4.69) is 4.18 Å². The summed E-state index contributed by atoms with van der Waals surface area (Å²) >= 11 is 0. The third-order valence-electron chi connectivity index (χ3n) is 1.52. The number of nitro groups is 1. The molecule has 0 bridgehead atoms. The van der Waals surface area contributed by atoms with Gasteiger partial charge in [0.1, 0.15) is 0 Å². The molecule has 1 aromatic carbocycles. The van der Waals surface area contributed by atoms with E-state index in [1.807, 2.05) is 0 Å². The summed E-state index contributed by atoms with van der Waals surface area (Å²) in [5, 5.41) is 10.3. The molecule has 0 fully saturated rings. The van der Waals surface area contributed by atoms with E-state index < -0.39 is 21.9 Å². The van der Waals surface area contributed by atoms with E-state index in [9.17, 15) is 23.1 Å². The number of non-ortho nitro benzene ring substituents is 1. The Bertz CT molecular complexity index is 456. The van der Waals surface area contributed by atoms with Crippen molar-refractivity contribution in [2.75, 3.05) is 0 Å². The minimum Gasteiger partial charge on any atom is -0.726 e. The number of nitrogens with zero attached hydrogens (tertiary/aromatic N) is 1. The van der Waals surface area contributed by atoms with Crippen molar-refractivity contribution in [3.63, 3.8) is 0 Å². The molecule has 0 heterocycles. The van der Waals surface area contributed by atoms with Gasteiger partial charge in [0, 0.05) is 12.1 Å². The molecule has 1 rings (SSSR count). The molecule has 9 heteroatoms. The van der Waals surface area contributed by atoms with Crippen LogP contribution in [0.3, 0.4) is 0 Å². The van der Waals surface area contributed by atoms with E-state index in [1.54, 1.807) is 0 Å². The Morgan fingerprint density at radius 1 is 1.25 bits per heavy atom. The van der Waals surface area contributed by atoms with Gasteiger partial charge in [0.05, 0.1) is 11.5 Å². The summed E-state index contributed by atoms with van der Waals surface area (Å²) in [5.74, 6) is 0. The monoisotopic (exact) mass is 255 g/mol. The third-order valence-corrected chi connectivity index (χ3v) is 1.92. The average Bonchev–Trinajstić information content (AvgIpc) is 2.14. The molecule has 82 valence electrons. The molecular formula is C7H6NNaO6S. The number of hydrogen-bond acceptors (Lipinski definition) is 6. The molecule has 0 unspecified atom stereocenters. The van der Waals surface area contributed by atoms with Crippen LogP contribution < -0.4 is 29.6 Å². The van der Waals surface area contributed by atoms with Gasteiger partial charge in [0.15, 0.2) is 0 Å². The van der Waals surface area contributed by atoms with Gasteiger partial charge >= 0.3 is 29.6 Å². The quantitative estimate of drug-likeness (QED) is 0.194. The largest absolute Gasteiger partial charge is 1.00 e. The van der Waals surface area contributed by atoms with E-state index in [4.69, 9.17) is 0 Å². The minimum atomic E-state index is -4.73. The van der Waals surface area contributed by atoms with Crippen molar-refractivity contribution in [1.82, 2.24) is 0 Å². The molecule has 7 nitrogen and oxygen atoms in total. The zero-order chi connectivity index (χ0) is 11.5. The summed E-state index contributed by atoms with van der Waals surface area (Å²) in [7, 11) is -4.73. The first-order chi connectivity index (χ1) is 6.88. The summed E-state index contributed by atoms with van der Waals surface area (Å²) in [6.45, 7) is -0.427. The van der Waals surface area contributed by atoms with Crippen LogP contribution >= 0.6 is 0 Å². The van der Waals surface area contributed by atoms with Gasteiger partial charge in [-0.2, -0.15) is 0 Å². The summed E-state index contributed by atoms with van der Waals surface area (Å²) in [6.07, 6.45) is 0. The predicted molar refractivity (Wildman–Crippen MR) is 47.6 cm³/mol. The summed E-state index contributed by atoms with van der Waals surface area (Å²) < 4.78 is 34.2. The zero-order valence-electron chi connectivity index (χ0n) is 8.32. The molecule has 0 atom stereocenters. The van der Waals surface area contributed by atoms with E-state index in [-0.39, 0.29) is 35.2 Å². The van der Waals surface area contributed by atoms with Crippen molar-refractivity contribution in [3.8, 4) is 0 Å². The van der Waals surface area contributed by atoms with E-state index in [0.29, 0.717) is 5.56 Å². The standard InChI is InChI=1S/C7H7NO6S.Na/c9-8(10)7-3-1-6(2-4-7)5-14-15(11,12)13;/h1-4H,5H2,(H,11,12,13);/q;+1/p-1. The van der Waals surface area contributed by atoms with Crippen LogP contribution in [-0.2, 0) is 21.2 Å². The molecule has 0 radical (unpaired) electrons. The molecule has 0 amide bonds. The van der Waals surface area contributed by atoms with Gasteiger partial charge < -0.3 is 4.55 Å². The fourth-order valence-corrected chi connectivity index (χ4v) is 1.13. The molecule has 0 spiro atoms. The van der Waals surface area contributed by atoms with Crippen molar-refractivity contribution in [2.24, 2.45) is 0 Å². The number of benzene rings is 1. The molecule has 0 saturated carbocycles. The Kier molecular flexibility index (Phi) is 6.08. The smallest absolute Gasteiger partial charge is 0.726 e. The molecule has 0 aromatic heterocycles. The van der Waals surface area contributed by atoms with Gasteiger partial charge in [-0.15, -0.1) is 0 Å². The molecule has 0 N–H and O–H groups in total. The van der Waals surface area contributed by atoms with Crippen LogP contribution in [-0.4, -0.2) is 17.9 Å². The van der Waals surface area contributed by atoms with Crippen LogP contribution in [0.2, 0.25) is 0 Å². The van der Waals surface area contributed by atoms with Crippen LogP contribution in [0.25, 0.3) is 0 Å². The Hall–Kier alpha value is -0.510. The normalized spacial score (nSPS) is 10.6. The fourth-order valence-electron chi connectivity index (χ4n) is 0.854. The van der Waals surface area contributed by atoms with Crippen LogP contribution in [0.4, 0.5) is 5.69 Å². The fraction of sp³-hybridized carbons (Fsp3) is 0.143. The van der Waals surface area contributed by atoms with Gasteiger partial charge in [-0.3, -0.25) is 14.3 Å². The second-order valence-electron chi connectivity index (χ2n) is 2.59. The first-order valence-corrected chi connectivity index (χ1v) is 5.05. The molecule has 16 heavy (non-hydrogen) atoms. The van der Waals surface area contributed by atoms with Crippen LogP contribution in [0, 0.1) is 10.1 Å². The van der Waals surface area contributed by atoms with Crippen molar-refractivity contribution in [3.05, 3.63) is 39.9 Å². The zero-order valence-corrected chi connectivity index (χ0v) is 11.1. The van der Waals surface area contributed by atoms with Crippen molar-refractivity contribution in [1.29, 1.82) is 0 Å². The topological polar surface area (TPSA) is 110 Å². The molecular weight excluding hydrogens is 249 g/mol. The van der Waals surface area contributed by atoms with Gasteiger partial charge in [0.25, 0.3) is 5.69 Å². The Labute approximate surface area is 114 Å². The third kappa shape index (κ3) is 5.54. The second-order valence-corrected chi connectivity index (χ2v) is 3.65. The molecule has 0 saturated heterocycles. The second kappa shape index (κ2) is 6.28. The molecule has 0 aliphatic heterocycles. The van der Waals surface area contributed by atoms with Gasteiger partial charge in [-0.05, 0) is 17.7 Å². The predicted octanol–water partition coefficient (Wildman–Crippen LogP) is -2.42. The summed E-state index contributed by atoms with van der Waals surface area (Å²) in [4.78, 5) is 9.67.